The Labute approximate surface area is 149 Å². The third-order valence-electron chi connectivity index (χ3n) is 2.52. The lowest BCUT2D eigenvalue weighted by Crippen LogP contribution is -2.13. The number of rotatable bonds is 2. The van der Waals surface area contributed by atoms with E-state index in [2.05, 4.69) is 9.97 Å². The molecule has 0 atom stereocenters. The van der Waals surface area contributed by atoms with Crippen LogP contribution in [0, 0.1) is 18.6 Å². The number of nitrogens with two attached hydrogens (primary N) is 2. The Morgan fingerprint density at radius 3 is 1.75 bits per heavy atom. The van der Waals surface area contributed by atoms with Gasteiger partial charge in [0, 0.05) is 0 Å². The van der Waals surface area contributed by atoms with Gasteiger partial charge in [-0.25, -0.2) is 18.7 Å². The van der Waals surface area contributed by atoms with Gasteiger partial charge in [-0.1, -0.05) is 34.8 Å². The van der Waals surface area contributed by atoms with Gasteiger partial charge in [0.25, 0.3) is 11.8 Å². The summed E-state index contributed by atoms with van der Waals surface area (Å²) in [6.45, 7) is 1.45. The predicted octanol–water partition coefficient (Wildman–Crippen LogP) is 2.91. The highest BCUT2D eigenvalue weighted by atomic mass is 35.5. The van der Waals surface area contributed by atoms with E-state index in [9.17, 15) is 18.4 Å². The first-order chi connectivity index (χ1) is 11.0. The first-order valence-electron chi connectivity index (χ1n) is 5.98. The second kappa shape index (κ2) is 8.18. The van der Waals surface area contributed by atoms with E-state index in [1.807, 2.05) is 0 Å². The quantitative estimate of drug-likeness (QED) is 0.759. The standard InChI is InChI=1S/C7H6ClFN2O.C6H3Cl2FN2O/c1-3-5(9)2-4(7(10)12)6(8)11-3;7-4-2(6(10)12)1-3(9)5(8)11-4/h2H,1H3,(H2,10,12);1H,(H2,10,12). The van der Waals surface area contributed by atoms with Gasteiger partial charge in [0.15, 0.2) is 11.0 Å². The molecule has 4 N–H and O–H groups in total. The third kappa shape index (κ3) is 4.98. The minimum absolute atomic E-state index is 0.0681. The van der Waals surface area contributed by atoms with Gasteiger partial charge >= 0.3 is 0 Å². The van der Waals surface area contributed by atoms with Crippen LogP contribution in [0.1, 0.15) is 26.4 Å². The van der Waals surface area contributed by atoms with E-state index in [0.29, 0.717) is 0 Å². The summed E-state index contributed by atoms with van der Waals surface area (Å²) < 4.78 is 25.4. The smallest absolute Gasteiger partial charge is 0.251 e. The van der Waals surface area contributed by atoms with Crippen LogP contribution in [-0.2, 0) is 0 Å². The average Bonchev–Trinajstić information content (AvgIpc) is 2.46. The molecule has 11 heteroatoms. The van der Waals surface area contributed by atoms with Crippen molar-refractivity contribution in [2.24, 2.45) is 11.5 Å². The maximum atomic E-state index is 12.8. The number of pyridine rings is 2. The Hall–Kier alpha value is -2.03. The number of aryl methyl sites for hydroxylation is 1. The normalized spacial score (nSPS) is 9.92. The summed E-state index contributed by atoms with van der Waals surface area (Å²) in [5.41, 5.74) is 9.63. The molecule has 0 fully saturated rings. The van der Waals surface area contributed by atoms with Crippen molar-refractivity contribution in [3.8, 4) is 0 Å². The van der Waals surface area contributed by atoms with Crippen LogP contribution in [-0.4, -0.2) is 21.8 Å². The topological polar surface area (TPSA) is 112 Å². The van der Waals surface area contributed by atoms with Crippen LogP contribution < -0.4 is 11.5 Å². The summed E-state index contributed by atoms with van der Waals surface area (Å²) in [6.07, 6.45) is 0. The fraction of sp³-hybridized carbons (Fsp3) is 0.0769. The van der Waals surface area contributed by atoms with Gasteiger partial charge in [-0.15, -0.1) is 0 Å². The fourth-order valence-corrected chi connectivity index (χ4v) is 2.03. The molecular formula is C13H9Cl3F2N4O2. The van der Waals surface area contributed by atoms with Crippen LogP contribution in [0.15, 0.2) is 12.1 Å². The Balaban J connectivity index is 0.000000240. The SMILES string of the molecule is Cc1nc(Cl)c(C(N)=O)cc1F.NC(=O)c1cc(F)c(Cl)nc1Cl. The fourth-order valence-electron chi connectivity index (χ4n) is 1.34. The summed E-state index contributed by atoms with van der Waals surface area (Å²) in [5.74, 6) is -3.04. The molecule has 0 aliphatic heterocycles. The highest BCUT2D eigenvalue weighted by molar-refractivity contribution is 6.34. The highest BCUT2D eigenvalue weighted by Crippen LogP contribution is 2.19. The molecule has 0 saturated carbocycles. The molecule has 128 valence electrons. The Morgan fingerprint density at radius 1 is 0.875 bits per heavy atom. The molecule has 6 nitrogen and oxygen atoms in total. The van der Waals surface area contributed by atoms with Gasteiger partial charge in [0.1, 0.15) is 16.1 Å². The van der Waals surface area contributed by atoms with E-state index >= 15 is 0 Å². The zero-order chi connectivity index (χ0) is 18.6. The number of primary amides is 2. The molecule has 0 radical (unpaired) electrons. The number of nitrogens with zero attached hydrogens (tertiary/aromatic N) is 2. The van der Waals surface area contributed by atoms with Crippen molar-refractivity contribution in [1.29, 1.82) is 0 Å². The molecule has 2 aromatic rings. The van der Waals surface area contributed by atoms with Gasteiger partial charge in [-0.3, -0.25) is 9.59 Å². The van der Waals surface area contributed by atoms with Crippen molar-refractivity contribution in [3.63, 3.8) is 0 Å². The molecule has 0 bridgehead atoms. The molecule has 24 heavy (non-hydrogen) atoms. The molecule has 0 spiro atoms. The molecular weight excluding hydrogens is 389 g/mol. The van der Waals surface area contributed by atoms with E-state index in [1.54, 1.807) is 0 Å². The minimum atomic E-state index is -0.844. The van der Waals surface area contributed by atoms with Crippen LogP contribution in [0.5, 0.6) is 0 Å². The molecule has 0 aliphatic rings. The first-order valence-corrected chi connectivity index (χ1v) is 7.11. The molecule has 0 aromatic carbocycles. The lowest BCUT2D eigenvalue weighted by molar-refractivity contribution is 0.0991. The number of hydrogen-bond acceptors (Lipinski definition) is 4. The van der Waals surface area contributed by atoms with E-state index < -0.39 is 23.4 Å². The summed E-state index contributed by atoms with van der Waals surface area (Å²) >= 11 is 16.2. The molecule has 0 unspecified atom stereocenters. The van der Waals surface area contributed by atoms with E-state index in [0.717, 1.165) is 12.1 Å². The van der Waals surface area contributed by atoms with Crippen LogP contribution in [0.3, 0.4) is 0 Å². The molecule has 2 aromatic heterocycles. The number of carbonyl (C=O) groups excluding carboxylic acids is 2. The summed E-state index contributed by atoms with van der Waals surface area (Å²) in [4.78, 5) is 28.1. The van der Waals surface area contributed by atoms with Gasteiger partial charge < -0.3 is 11.5 Å². The molecule has 0 saturated heterocycles. The number of carbonyl (C=O) groups is 2. The summed E-state index contributed by atoms with van der Waals surface area (Å²) in [7, 11) is 0. The highest BCUT2D eigenvalue weighted by Gasteiger charge is 2.12. The van der Waals surface area contributed by atoms with Crippen LogP contribution in [0.2, 0.25) is 15.5 Å². The van der Waals surface area contributed by atoms with Gasteiger partial charge in [-0.05, 0) is 19.1 Å². The zero-order valence-corrected chi connectivity index (χ0v) is 14.2. The third-order valence-corrected chi connectivity index (χ3v) is 3.36. The second-order valence-corrected chi connectivity index (χ2v) is 5.30. The molecule has 2 heterocycles. The average molecular weight is 398 g/mol. The Kier molecular flexibility index (Phi) is 6.82. The second-order valence-electron chi connectivity index (χ2n) is 4.22. The van der Waals surface area contributed by atoms with E-state index in [4.69, 9.17) is 46.3 Å². The van der Waals surface area contributed by atoms with Crippen molar-refractivity contribution < 1.29 is 18.4 Å². The minimum Gasteiger partial charge on any atom is -0.366 e. The molecule has 2 amide bonds. The van der Waals surface area contributed by atoms with E-state index in [1.165, 1.54) is 6.92 Å². The number of aromatic nitrogens is 2. The van der Waals surface area contributed by atoms with Gasteiger partial charge in [0.2, 0.25) is 0 Å². The van der Waals surface area contributed by atoms with E-state index in [-0.39, 0.29) is 32.3 Å². The van der Waals surface area contributed by atoms with Gasteiger partial charge in [-0.2, -0.15) is 0 Å². The van der Waals surface area contributed by atoms with Crippen molar-refractivity contribution >= 4 is 46.6 Å². The molecule has 0 aliphatic carbocycles. The van der Waals surface area contributed by atoms with Crippen molar-refractivity contribution in [2.45, 2.75) is 6.92 Å². The largest absolute Gasteiger partial charge is 0.366 e. The number of amides is 2. The Bertz CT molecular complexity index is 751. The summed E-state index contributed by atoms with van der Waals surface area (Å²) in [5, 5.41) is -0.652. The monoisotopic (exact) mass is 396 g/mol. The van der Waals surface area contributed by atoms with Crippen LogP contribution >= 0.6 is 34.8 Å². The summed E-state index contributed by atoms with van der Waals surface area (Å²) in [6, 6.07) is 1.83. The van der Waals surface area contributed by atoms with Crippen LogP contribution in [0.25, 0.3) is 0 Å². The number of hydrogen-bond donors (Lipinski definition) is 2. The zero-order valence-electron chi connectivity index (χ0n) is 11.9. The maximum absolute atomic E-state index is 12.8. The van der Waals surface area contributed by atoms with Crippen molar-refractivity contribution in [1.82, 2.24) is 9.97 Å². The maximum Gasteiger partial charge on any atom is 0.251 e. The lowest BCUT2D eigenvalue weighted by atomic mass is 10.2. The Morgan fingerprint density at radius 2 is 1.29 bits per heavy atom. The van der Waals surface area contributed by atoms with Crippen molar-refractivity contribution in [3.05, 3.63) is 56.0 Å². The van der Waals surface area contributed by atoms with Crippen molar-refractivity contribution in [2.75, 3.05) is 0 Å². The number of halogens is 5. The van der Waals surface area contributed by atoms with Gasteiger partial charge in [0.05, 0.1) is 16.8 Å². The first kappa shape index (κ1) is 20.0. The molecule has 2 rings (SSSR count). The lowest BCUT2D eigenvalue weighted by Gasteiger charge is -2.00. The predicted molar refractivity (Wildman–Crippen MR) is 85.2 cm³/mol. The van der Waals surface area contributed by atoms with Crippen LogP contribution in [0.4, 0.5) is 8.78 Å².